The zero-order chi connectivity index (χ0) is 18.1. The van der Waals surface area contributed by atoms with Crippen LogP contribution in [0, 0.1) is 0 Å². The molecule has 6 heteroatoms. The van der Waals surface area contributed by atoms with Gasteiger partial charge >= 0.3 is 0 Å². The molecule has 3 fully saturated rings. The number of rotatable bonds is 4. The van der Waals surface area contributed by atoms with Crippen LogP contribution in [0.2, 0.25) is 16.6 Å². The van der Waals surface area contributed by atoms with E-state index in [4.69, 9.17) is 5.11 Å². The van der Waals surface area contributed by atoms with E-state index in [-0.39, 0.29) is 38.8 Å². The molecule has 1 unspecified atom stereocenters. The fourth-order valence-electron chi connectivity index (χ4n) is 5.70. The van der Waals surface area contributed by atoms with Crippen molar-refractivity contribution >= 4 is 8.32 Å². The summed E-state index contributed by atoms with van der Waals surface area (Å²) in [5.74, 6) is 0. The van der Waals surface area contributed by atoms with Crippen molar-refractivity contribution in [1.29, 1.82) is 0 Å². The Bertz CT molecular complexity index is 307. The normalized spacial score (nSPS) is 23.1. The summed E-state index contributed by atoms with van der Waals surface area (Å²) in [6.07, 6.45) is 21.7. The Morgan fingerprint density at radius 1 is 0.679 bits per heavy atom. The molecule has 28 heavy (non-hydrogen) atoms. The van der Waals surface area contributed by atoms with Crippen molar-refractivity contribution in [3.05, 3.63) is 0 Å². The maximum atomic E-state index is 12.0. The first-order valence-electron chi connectivity index (χ1n) is 11.5. The van der Waals surface area contributed by atoms with E-state index < -0.39 is 8.32 Å². The monoisotopic (exact) mass is 452 g/mol. The van der Waals surface area contributed by atoms with Gasteiger partial charge in [0.2, 0.25) is 0 Å². The van der Waals surface area contributed by atoms with Crippen LogP contribution in [0.15, 0.2) is 0 Å². The standard InChI is InChI=1S/C18H34OSi.C4H10O.2H2O.Ti/c19-20(16-10-4-1-5-11-16,17-12-6-2-7-13-17)18-14-8-3-9-15-18;1-3-4(2)5;;;/h16-19H,1-15H2;4-5H,3H2,1-2H3;2*1H2;. The predicted molar refractivity (Wildman–Crippen MR) is 118 cm³/mol. The zero-order valence-corrected chi connectivity index (χ0v) is 21.1. The van der Waals surface area contributed by atoms with Crippen LogP contribution in [-0.4, -0.2) is 35.3 Å². The van der Waals surface area contributed by atoms with Crippen LogP contribution in [-0.2, 0) is 21.7 Å². The zero-order valence-electron chi connectivity index (χ0n) is 18.5. The van der Waals surface area contributed by atoms with Gasteiger partial charge in [0.15, 0.2) is 8.32 Å². The molecule has 0 aliphatic heterocycles. The van der Waals surface area contributed by atoms with Crippen molar-refractivity contribution in [2.45, 2.75) is 139 Å². The van der Waals surface area contributed by atoms with Gasteiger partial charge in [0.1, 0.15) is 0 Å². The van der Waals surface area contributed by atoms with E-state index >= 15 is 0 Å². The first kappa shape index (κ1) is 31.0. The minimum absolute atomic E-state index is 0. The van der Waals surface area contributed by atoms with Gasteiger partial charge in [0, 0.05) is 21.7 Å². The van der Waals surface area contributed by atoms with Gasteiger partial charge in [-0.05, 0) is 30.0 Å². The fourth-order valence-corrected chi connectivity index (χ4v) is 11.7. The van der Waals surface area contributed by atoms with E-state index in [0.717, 1.165) is 23.0 Å². The summed E-state index contributed by atoms with van der Waals surface area (Å²) in [4.78, 5) is 12.0. The molecule has 3 rings (SSSR count). The van der Waals surface area contributed by atoms with E-state index in [0.29, 0.717) is 0 Å². The SMILES string of the molecule is CCC(C)O.O.O.O[Si](C1CCCCC1)(C1CCCCC1)C1CCCCC1.[Ti]. The van der Waals surface area contributed by atoms with Crippen molar-refractivity contribution < 1.29 is 42.6 Å². The summed E-state index contributed by atoms with van der Waals surface area (Å²) < 4.78 is 0. The Balaban J connectivity index is 0. The van der Waals surface area contributed by atoms with Crippen molar-refractivity contribution in [1.82, 2.24) is 0 Å². The molecule has 0 aromatic carbocycles. The van der Waals surface area contributed by atoms with Gasteiger partial charge in [-0.1, -0.05) is 103 Å². The van der Waals surface area contributed by atoms with Crippen LogP contribution in [0.25, 0.3) is 0 Å². The van der Waals surface area contributed by atoms with Crippen molar-refractivity contribution in [2.75, 3.05) is 0 Å². The van der Waals surface area contributed by atoms with Crippen molar-refractivity contribution in [3.63, 3.8) is 0 Å². The summed E-state index contributed by atoms with van der Waals surface area (Å²) in [5.41, 5.74) is 2.30. The van der Waals surface area contributed by atoms with Crippen LogP contribution in [0.1, 0.15) is 117 Å². The van der Waals surface area contributed by atoms with Gasteiger partial charge < -0.3 is 20.9 Å². The molecular weight excluding hydrogens is 404 g/mol. The molecule has 3 aliphatic rings. The Hall–Kier alpha value is 0.771. The van der Waals surface area contributed by atoms with Gasteiger partial charge in [0.25, 0.3) is 0 Å². The molecule has 0 radical (unpaired) electrons. The summed E-state index contributed by atoms with van der Waals surface area (Å²) in [7, 11) is -2.05. The largest absolute Gasteiger partial charge is 0.431 e. The van der Waals surface area contributed by atoms with Crippen LogP contribution < -0.4 is 0 Å². The molecule has 168 valence electrons. The molecule has 0 aromatic heterocycles. The number of hydrogen-bond acceptors (Lipinski definition) is 2. The summed E-state index contributed by atoms with van der Waals surface area (Å²) >= 11 is 0. The van der Waals surface area contributed by atoms with Crippen LogP contribution in [0.5, 0.6) is 0 Å². The molecule has 0 heterocycles. The third-order valence-corrected chi connectivity index (χ3v) is 13.0. The van der Waals surface area contributed by atoms with Crippen LogP contribution in [0.4, 0.5) is 0 Å². The molecule has 3 saturated carbocycles. The minimum atomic E-state index is -2.05. The molecule has 1 atom stereocenters. The Morgan fingerprint density at radius 3 is 1.07 bits per heavy atom. The van der Waals surface area contributed by atoms with E-state index in [1.165, 1.54) is 96.3 Å². The Kier molecular flexibility index (Phi) is 18.2. The van der Waals surface area contributed by atoms with Crippen molar-refractivity contribution in [3.8, 4) is 0 Å². The van der Waals surface area contributed by atoms with Gasteiger partial charge in [-0.2, -0.15) is 0 Å². The predicted octanol–water partition coefficient (Wildman–Crippen LogP) is 5.05. The van der Waals surface area contributed by atoms with Gasteiger partial charge in [-0.25, -0.2) is 0 Å². The van der Waals surface area contributed by atoms with E-state index in [1.807, 2.05) is 6.92 Å². The van der Waals surface area contributed by atoms with Gasteiger partial charge in [0.05, 0.1) is 6.10 Å². The van der Waals surface area contributed by atoms with Crippen LogP contribution >= 0.6 is 0 Å². The first-order chi connectivity index (χ1) is 12.1. The van der Waals surface area contributed by atoms with E-state index in [1.54, 1.807) is 6.92 Å². The van der Waals surface area contributed by atoms with E-state index in [9.17, 15) is 4.80 Å². The first-order valence-corrected chi connectivity index (χ1v) is 13.7. The maximum absolute atomic E-state index is 12.0. The van der Waals surface area contributed by atoms with Gasteiger partial charge in [-0.15, -0.1) is 0 Å². The molecule has 3 aliphatic carbocycles. The van der Waals surface area contributed by atoms with Crippen LogP contribution in [0.3, 0.4) is 0 Å². The Morgan fingerprint density at radius 2 is 0.893 bits per heavy atom. The molecule has 0 aromatic rings. The van der Waals surface area contributed by atoms with E-state index in [2.05, 4.69) is 0 Å². The van der Waals surface area contributed by atoms with Crippen molar-refractivity contribution in [2.24, 2.45) is 0 Å². The maximum Gasteiger partial charge on any atom is 0.197 e. The van der Waals surface area contributed by atoms with Gasteiger partial charge in [-0.3, -0.25) is 0 Å². The third kappa shape index (κ3) is 8.87. The molecule has 0 amide bonds. The summed E-state index contributed by atoms with van der Waals surface area (Å²) in [5, 5.41) is 8.36. The second kappa shape index (κ2) is 16.5. The minimum Gasteiger partial charge on any atom is -0.431 e. The number of aliphatic hydroxyl groups is 1. The topological polar surface area (TPSA) is 103 Å². The average Bonchev–Trinajstić information content (AvgIpc) is 2.70. The second-order valence-corrected chi connectivity index (χ2v) is 13.4. The molecule has 0 saturated heterocycles. The third-order valence-electron chi connectivity index (χ3n) is 7.37. The summed E-state index contributed by atoms with van der Waals surface area (Å²) in [6.45, 7) is 3.73. The molecular formula is C22H48O4SiTi. The molecule has 6 N–H and O–H groups in total. The molecule has 4 nitrogen and oxygen atoms in total. The quantitative estimate of drug-likeness (QED) is 0.583. The average molecular weight is 453 g/mol. The fraction of sp³-hybridized carbons (Fsp3) is 1.00. The number of aliphatic hydroxyl groups excluding tert-OH is 1. The Labute approximate surface area is 189 Å². The smallest absolute Gasteiger partial charge is 0.197 e. The molecule has 0 bridgehead atoms. The number of hydrogen-bond donors (Lipinski definition) is 2. The molecule has 0 spiro atoms. The second-order valence-electron chi connectivity index (χ2n) is 9.15. The summed E-state index contributed by atoms with van der Waals surface area (Å²) in [6, 6.07) is 0.